The molecule has 6 rings (SSSR count). The monoisotopic (exact) mass is 663 g/mol. The summed E-state index contributed by atoms with van der Waals surface area (Å²) in [5, 5.41) is 4.63. The summed E-state index contributed by atoms with van der Waals surface area (Å²) in [6, 6.07) is 7.96. The second-order valence-electron chi connectivity index (χ2n) is 14.8. The number of benzene rings is 1. The Morgan fingerprint density at radius 3 is 2.52 bits per heavy atom. The number of oxime groups is 1. The van der Waals surface area contributed by atoms with Gasteiger partial charge in [0.1, 0.15) is 31.2 Å². The van der Waals surface area contributed by atoms with Crippen LogP contribution in [0, 0.1) is 35.0 Å². The van der Waals surface area contributed by atoms with Crippen molar-refractivity contribution in [2.75, 3.05) is 13.7 Å². The van der Waals surface area contributed by atoms with E-state index in [1.165, 1.54) is 46.0 Å². The van der Waals surface area contributed by atoms with Crippen molar-refractivity contribution >= 4 is 17.7 Å². The molecule has 1 aromatic rings. The van der Waals surface area contributed by atoms with Crippen LogP contribution in [0.5, 0.6) is 5.75 Å². The number of ether oxygens (including phenoxy) is 5. The van der Waals surface area contributed by atoms with Crippen molar-refractivity contribution in [3.05, 3.63) is 53.6 Å². The molecular weight excluding hydrogens is 610 g/mol. The Labute approximate surface area is 285 Å². The number of esters is 2. The van der Waals surface area contributed by atoms with Crippen molar-refractivity contribution in [3.63, 3.8) is 0 Å². The van der Waals surface area contributed by atoms with Gasteiger partial charge in [0, 0.05) is 19.8 Å². The van der Waals surface area contributed by atoms with Gasteiger partial charge in [-0.3, -0.25) is 9.59 Å². The van der Waals surface area contributed by atoms with Gasteiger partial charge in [-0.25, -0.2) is 0 Å². The van der Waals surface area contributed by atoms with Gasteiger partial charge in [0.05, 0.1) is 18.9 Å². The third kappa shape index (κ3) is 7.83. The molecule has 9 heteroatoms. The molecule has 5 aliphatic rings. The minimum atomic E-state index is -0.620. The highest BCUT2D eigenvalue weighted by atomic mass is 16.7. The summed E-state index contributed by atoms with van der Waals surface area (Å²) >= 11 is 0. The molecule has 0 amide bonds. The van der Waals surface area contributed by atoms with Crippen molar-refractivity contribution in [1.82, 2.24) is 0 Å². The lowest BCUT2D eigenvalue weighted by atomic mass is 9.54. The van der Waals surface area contributed by atoms with Gasteiger partial charge < -0.3 is 28.5 Å². The molecule has 0 aromatic heterocycles. The molecule has 9 nitrogen and oxygen atoms in total. The molecule has 0 N–H and O–H groups in total. The van der Waals surface area contributed by atoms with Gasteiger partial charge in [0.25, 0.3) is 0 Å². The van der Waals surface area contributed by atoms with Crippen LogP contribution in [0.15, 0.2) is 53.2 Å². The highest BCUT2D eigenvalue weighted by Crippen LogP contribution is 2.60. The lowest BCUT2D eigenvalue weighted by Gasteiger charge is -2.52. The molecule has 3 unspecified atom stereocenters. The maximum Gasteiger partial charge on any atom is 0.303 e. The maximum atomic E-state index is 11.6. The van der Waals surface area contributed by atoms with Crippen LogP contribution in [0.3, 0.4) is 0 Å². The minimum Gasteiger partial charge on any atom is -0.497 e. The van der Waals surface area contributed by atoms with Gasteiger partial charge in [0.2, 0.25) is 0 Å². The number of carbonyl (C=O) groups is 2. The van der Waals surface area contributed by atoms with Crippen molar-refractivity contribution in [3.8, 4) is 5.75 Å². The Bertz CT molecular complexity index is 1390. The van der Waals surface area contributed by atoms with E-state index >= 15 is 0 Å². The van der Waals surface area contributed by atoms with Crippen LogP contribution in [-0.2, 0) is 40.0 Å². The number of methoxy groups -OCH3 is 1. The lowest BCUT2D eigenvalue weighted by molar-refractivity contribution is -0.213. The summed E-state index contributed by atoms with van der Waals surface area (Å²) in [6.07, 6.45) is 14.8. The van der Waals surface area contributed by atoms with Gasteiger partial charge >= 0.3 is 11.9 Å². The molecule has 1 heterocycles. The van der Waals surface area contributed by atoms with E-state index in [1.54, 1.807) is 18.8 Å². The number of rotatable bonds is 10. The number of hydrogen-bond acceptors (Lipinski definition) is 9. The first-order valence-corrected chi connectivity index (χ1v) is 17.9. The molecule has 1 aliphatic heterocycles. The second-order valence-corrected chi connectivity index (χ2v) is 14.8. The van der Waals surface area contributed by atoms with E-state index in [0.29, 0.717) is 24.4 Å². The number of carbonyl (C=O) groups excluding carboxylic acids is 2. The van der Waals surface area contributed by atoms with Gasteiger partial charge in [-0.05, 0) is 124 Å². The Kier molecular flexibility index (Phi) is 11.0. The largest absolute Gasteiger partial charge is 0.497 e. The predicted octanol–water partition coefficient (Wildman–Crippen LogP) is 7.33. The average Bonchev–Trinajstić information content (AvgIpc) is 3.21. The van der Waals surface area contributed by atoms with E-state index in [9.17, 15) is 9.59 Å². The molecule has 48 heavy (non-hydrogen) atoms. The zero-order chi connectivity index (χ0) is 33.8. The third-order valence-corrected chi connectivity index (χ3v) is 12.0. The van der Waals surface area contributed by atoms with E-state index < -0.39 is 30.4 Å². The SMILES string of the molecule is COc1ccc(CO/N=C(\C)[C@H]2CC[C@@H]3C[C@H]2CCC2C3CC=C3C[C@@H](OC4C=C[C@H](OC(C)=O)[C@@H](COC(C)=O)O4)CC[C@@]32C)cc1. The fraction of sp³-hybridized carbons (Fsp3) is 0.667. The normalized spacial score (nSPS) is 36.1. The minimum absolute atomic E-state index is 0.000441. The van der Waals surface area contributed by atoms with E-state index in [4.69, 9.17) is 28.5 Å². The van der Waals surface area contributed by atoms with Crippen LogP contribution in [0.2, 0.25) is 0 Å². The molecule has 2 bridgehead atoms. The molecule has 3 fully saturated rings. The standard InChI is InChI=1S/C39H53NO8/c1-24(40-45-22-27-6-11-31(43-5)12-7-27)33-13-8-29-20-28(33)9-15-35-34(29)14-10-30-21-32(18-19-39(30,35)4)47-38-17-16-36(46-26(3)42)37(48-38)23-44-25(2)41/h6-7,10-12,16-17,28-29,32-38H,8-9,13-15,18-23H2,1-5H3/b40-24+/t28-,29-,32+,33-,34?,35?,36+,37-,38?,39+/m1/s1. The average molecular weight is 664 g/mol. The molecule has 1 aromatic carbocycles. The van der Waals surface area contributed by atoms with Gasteiger partial charge in [0.15, 0.2) is 6.29 Å². The molecule has 0 spiro atoms. The topological polar surface area (TPSA) is 102 Å². The van der Waals surface area contributed by atoms with Gasteiger partial charge in [-0.2, -0.15) is 0 Å². The number of hydrogen-bond donors (Lipinski definition) is 0. The fourth-order valence-corrected chi connectivity index (χ4v) is 9.50. The Hall–Kier alpha value is -3.17. The van der Waals surface area contributed by atoms with Gasteiger partial charge in [-0.15, -0.1) is 0 Å². The first-order chi connectivity index (χ1) is 23.1. The molecule has 0 radical (unpaired) electrons. The maximum absolute atomic E-state index is 11.6. The fourth-order valence-electron chi connectivity index (χ4n) is 9.50. The number of nitrogens with zero attached hydrogens (tertiary/aromatic N) is 1. The lowest BCUT2D eigenvalue weighted by Crippen LogP contribution is -2.46. The van der Waals surface area contributed by atoms with Crippen LogP contribution in [0.4, 0.5) is 0 Å². The zero-order valence-corrected chi connectivity index (χ0v) is 29.2. The van der Waals surface area contributed by atoms with E-state index in [0.717, 1.165) is 54.5 Å². The Balaban J connectivity index is 1.05. The molecule has 0 saturated heterocycles. The van der Waals surface area contributed by atoms with Crippen molar-refractivity contribution in [2.24, 2.45) is 40.2 Å². The van der Waals surface area contributed by atoms with Crippen molar-refractivity contribution in [2.45, 2.75) is 117 Å². The third-order valence-electron chi connectivity index (χ3n) is 12.0. The highest BCUT2D eigenvalue weighted by Gasteiger charge is 2.52. The van der Waals surface area contributed by atoms with Crippen LogP contribution < -0.4 is 4.74 Å². The van der Waals surface area contributed by atoms with E-state index in [-0.39, 0.29) is 18.1 Å². The summed E-state index contributed by atoms with van der Waals surface area (Å²) in [5.74, 6) is 3.40. The van der Waals surface area contributed by atoms with Crippen LogP contribution >= 0.6 is 0 Å². The molecule has 10 atom stereocenters. The molecule has 4 aliphatic carbocycles. The van der Waals surface area contributed by atoms with Crippen LogP contribution in [-0.4, -0.2) is 56.0 Å². The summed E-state index contributed by atoms with van der Waals surface area (Å²) in [6.45, 7) is 7.87. The molecular formula is C39H53NO8. The van der Waals surface area contributed by atoms with Crippen LogP contribution in [0.25, 0.3) is 0 Å². The number of fused-ring (bicyclic) bond motifs is 6. The summed E-state index contributed by atoms with van der Waals surface area (Å²) in [7, 11) is 1.68. The van der Waals surface area contributed by atoms with Crippen molar-refractivity contribution in [1.29, 1.82) is 0 Å². The summed E-state index contributed by atoms with van der Waals surface area (Å²) in [4.78, 5) is 28.9. The Morgan fingerprint density at radius 2 is 1.77 bits per heavy atom. The van der Waals surface area contributed by atoms with Gasteiger partial charge in [-0.1, -0.05) is 35.9 Å². The summed E-state index contributed by atoms with van der Waals surface area (Å²) < 4.78 is 28.5. The molecule has 262 valence electrons. The highest BCUT2D eigenvalue weighted by molar-refractivity contribution is 5.84. The quantitative estimate of drug-likeness (QED) is 0.111. The summed E-state index contributed by atoms with van der Waals surface area (Å²) in [5.41, 5.74) is 3.98. The molecule has 3 saturated carbocycles. The Morgan fingerprint density at radius 1 is 0.979 bits per heavy atom. The van der Waals surface area contributed by atoms with E-state index in [1.807, 2.05) is 30.3 Å². The van der Waals surface area contributed by atoms with Crippen molar-refractivity contribution < 1.29 is 38.1 Å². The van der Waals surface area contributed by atoms with Crippen LogP contribution in [0.1, 0.15) is 91.0 Å². The smallest absolute Gasteiger partial charge is 0.303 e. The number of allylic oxidation sites excluding steroid dienone is 1. The predicted molar refractivity (Wildman–Crippen MR) is 181 cm³/mol. The zero-order valence-electron chi connectivity index (χ0n) is 29.2. The first kappa shape index (κ1) is 34.7. The van der Waals surface area contributed by atoms with E-state index in [2.05, 4.69) is 25.1 Å². The first-order valence-electron chi connectivity index (χ1n) is 17.9. The second kappa shape index (κ2) is 15.2.